The van der Waals surface area contributed by atoms with Gasteiger partial charge in [0.15, 0.2) is 0 Å². The fourth-order valence-corrected chi connectivity index (χ4v) is 1.98. The van der Waals surface area contributed by atoms with Gasteiger partial charge in [0.05, 0.1) is 16.6 Å². The molecule has 6 nitrogen and oxygen atoms in total. The van der Waals surface area contributed by atoms with Gasteiger partial charge in [0.2, 0.25) is 0 Å². The van der Waals surface area contributed by atoms with E-state index in [-0.39, 0.29) is 11.7 Å². The highest BCUT2D eigenvalue weighted by Gasteiger charge is 2.13. The van der Waals surface area contributed by atoms with Crippen molar-refractivity contribution in [2.24, 2.45) is 0 Å². The third-order valence-electron chi connectivity index (χ3n) is 3.16. The van der Waals surface area contributed by atoms with Crippen LogP contribution in [0.2, 0.25) is 0 Å². The van der Waals surface area contributed by atoms with Crippen LogP contribution in [0.15, 0.2) is 36.4 Å². The van der Waals surface area contributed by atoms with Crippen LogP contribution in [0.3, 0.4) is 0 Å². The molecule has 0 aliphatic carbocycles. The minimum atomic E-state index is -0.448. The maximum absolute atomic E-state index is 10.8. The lowest BCUT2D eigenvalue weighted by Gasteiger charge is -2.15. The summed E-state index contributed by atoms with van der Waals surface area (Å²) < 4.78 is 0. The van der Waals surface area contributed by atoms with E-state index >= 15 is 0 Å². The molecule has 0 spiro atoms. The lowest BCUT2D eigenvalue weighted by Crippen LogP contribution is -2.08. The molecule has 0 aliphatic rings. The fraction of sp³-hybridized carbons (Fsp3) is 0.200. The number of nitro groups is 1. The molecule has 21 heavy (non-hydrogen) atoms. The van der Waals surface area contributed by atoms with Crippen LogP contribution in [0.1, 0.15) is 29.8 Å². The Morgan fingerprint density at radius 1 is 1.29 bits per heavy atom. The summed E-state index contributed by atoms with van der Waals surface area (Å²) in [6.45, 7) is 3.56. The van der Waals surface area contributed by atoms with Gasteiger partial charge in [-0.25, -0.2) is 4.98 Å². The molecule has 0 aliphatic heterocycles. The number of benzene rings is 1. The number of rotatable bonds is 4. The van der Waals surface area contributed by atoms with Gasteiger partial charge in [0.25, 0.3) is 5.69 Å². The van der Waals surface area contributed by atoms with E-state index in [0.29, 0.717) is 17.1 Å². The lowest BCUT2D eigenvalue weighted by molar-refractivity contribution is -0.385. The van der Waals surface area contributed by atoms with Crippen LogP contribution in [0.5, 0.6) is 0 Å². The molecule has 106 valence electrons. The molecular formula is C15H14N4O2. The highest BCUT2D eigenvalue weighted by atomic mass is 16.6. The zero-order chi connectivity index (χ0) is 15.4. The van der Waals surface area contributed by atoms with Crippen molar-refractivity contribution in [1.82, 2.24) is 4.98 Å². The lowest BCUT2D eigenvalue weighted by atomic mass is 10.1. The van der Waals surface area contributed by atoms with Crippen LogP contribution in [0.4, 0.5) is 11.5 Å². The molecule has 1 aromatic carbocycles. The van der Waals surface area contributed by atoms with Crippen LogP contribution < -0.4 is 5.32 Å². The Morgan fingerprint density at radius 2 is 1.95 bits per heavy atom. The van der Waals surface area contributed by atoms with Crippen molar-refractivity contribution >= 4 is 11.5 Å². The quantitative estimate of drug-likeness (QED) is 0.685. The van der Waals surface area contributed by atoms with Crippen molar-refractivity contribution in [3.8, 4) is 6.07 Å². The number of nitriles is 1. The highest BCUT2D eigenvalue weighted by molar-refractivity contribution is 5.46. The number of nitrogens with zero attached hydrogens (tertiary/aromatic N) is 3. The normalized spacial score (nSPS) is 11.5. The maximum atomic E-state index is 10.8. The van der Waals surface area contributed by atoms with E-state index in [1.807, 2.05) is 19.1 Å². The molecule has 1 atom stereocenters. The molecule has 2 aromatic rings. The fourth-order valence-electron chi connectivity index (χ4n) is 1.98. The second-order valence-electron chi connectivity index (χ2n) is 4.66. The van der Waals surface area contributed by atoms with E-state index in [0.717, 1.165) is 5.56 Å². The minimum Gasteiger partial charge on any atom is -0.364 e. The first-order valence-corrected chi connectivity index (χ1v) is 6.40. The van der Waals surface area contributed by atoms with Gasteiger partial charge in [-0.05, 0) is 37.6 Å². The SMILES string of the molecule is Cc1nc(NC(C)c2ccc(C#N)cc2)ccc1[N+](=O)[O-]. The Morgan fingerprint density at radius 3 is 2.48 bits per heavy atom. The molecule has 1 aromatic heterocycles. The van der Waals surface area contributed by atoms with Crippen LogP contribution in [0, 0.1) is 28.4 Å². The van der Waals surface area contributed by atoms with E-state index in [9.17, 15) is 10.1 Å². The van der Waals surface area contributed by atoms with Gasteiger partial charge in [0, 0.05) is 12.1 Å². The molecule has 2 rings (SSSR count). The zero-order valence-electron chi connectivity index (χ0n) is 11.7. The minimum absolute atomic E-state index is 0.00609. The van der Waals surface area contributed by atoms with Gasteiger partial charge in [-0.2, -0.15) is 5.26 Å². The number of aromatic nitrogens is 1. The molecule has 0 amide bonds. The van der Waals surface area contributed by atoms with Crippen LogP contribution in [-0.2, 0) is 0 Å². The Bertz CT molecular complexity index is 705. The number of hydrogen-bond donors (Lipinski definition) is 1. The van der Waals surface area contributed by atoms with Crippen molar-refractivity contribution in [3.05, 3.63) is 63.3 Å². The Balaban J connectivity index is 2.15. The first kappa shape index (κ1) is 14.5. The molecule has 0 saturated heterocycles. The summed E-state index contributed by atoms with van der Waals surface area (Å²) in [6, 6.07) is 12.3. The standard InChI is InChI=1S/C15H14N4O2/c1-10(13-5-3-12(9-16)4-6-13)17-15-8-7-14(19(20)21)11(2)18-15/h3-8,10H,1-2H3,(H,17,18). The molecular weight excluding hydrogens is 268 g/mol. The van der Waals surface area contributed by atoms with Crippen LogP contribution in [0.25, 0.3) is 0 Å². The number of nitrogens with one attached hydrogen (secondary N) is 1. The molecule has 1 N–H and O–H groups in total. The van der Waals surface area contributed by atoms with Crippen molar-refractivity contribution < 1.29 is 4.92 Å². The average molecular weight is 282 g/mol. The van der Waals surface area contributed by atoms with E-state index < -0.39 is 4.92 Å². The summed E-state index contributed by atoms with van der Waals surface area (Å²) >= 11 is 0. The number of anilines is 1. The molecule has 6 heteroatoms. The number of pyridine rings is 1. The first-order chi connectivity index (χ1) is 10.0. The Kier molecular flexibility index (Phi) is 4.14. The van der Waals surface area contributed by atoms with Gasteiger partial charge in [-0.1, -0.05) is 12.1 Å². The van der Waals surface area contributed by atoms with Gasteiger partial charge in [-0.3, -0.25) is 10.1 Å². The van der Waals surface area contributed by atoms with E-state index in [2.05, 4.69) is 16.4 Å². The monoisotopic (exact) mass is 282 g/mol. The maximum Gasteiger partial charge on any atom is 0.290 e. The number of hydrogen-bond acceptors (Lipinski definition) is 5. The van der Waals surface area contributed by atoms with Crippen LogP contribution >= 0.6 is 0 Å². The summed E-state index contributed by atoms with van der Waals surface area (Å²) in [6.07, 6.45) is 0. The predicted octanol–water partition coefficient (Wildman–Crippen LogP) is 3.34. The van der Waals surface area contributed by atoms with Gasteiger partial charge >= 0.3 is 0 Å². The molecule has 1 unspecified atom stereocenters. The van der Waals surface area contributed by atoms with Crippen molar-refractivity contribution in [2.45, 2.75) is 19.9 Å². The Hall–Kier alpha value is -2.94. The average Bonchev–Trinajstić information content (AvgIpc) is 2.47. The summed E-state index contributed by atoms with van der Waals surface area (Å²) in [5, 5.41) is 22.7. The molecule has 0 saturated carbocycles. The second-order valence-corrected chi connectivity index (χ2v) is 4.66. The summed E-state index contributed by atoms with van der Waals surface area (Å²) in [5.74, 6) is 0.579. The molecule has 0 bridgehead atoms. The number of aryl methyl sites for hydroxylation is 1. The largest absolute Gasteiger partial charge is 0.364 e. The van der Waals surface area contributed by atoms with Crippen molar-refractivity contribution in [3.63, 3.8) is 0 Å². The molecule has 0 radical (unpaired) electrons. The van der Waals surface area contributed by atoms with Gasteiger partial charge in [0.1, 0.15) is 11.5 Å². The summed E-state index contributed by atoms with van der Waals surface area (Å²) in [5.41, 5.74) is 1.99. The van der Waals surface area contributed by atoms with Crippen LogP contribution in [-0.4, -0.2) is 9.91 Å². The summed E-state index contributed by atoms with van der Waals surface area (Å²) in [4.78, 5) is 14.5. The third-order valence-corrected chi connectivity index (χ3v) is 3.16. The topological polar surface area (TPSA) is 91.8 Å². The highest BCUT2D eigenvalue weighted by Crippen LogP contribution is 2.22. The first-order valence-electron chi connectivity index (χ1n) is 6.40. The zero-order valence-corrected chi connectivity index (χ0v) is 11.7. The Labute approximate surface area is 122 Å². The van der Waals surface area contributed by atoms with Gasteiger partial charge < -0.3 is 5.32 Å². The van der Waals surface area contributed by atoms with Crippen molar-refractivity contribution in [2.75, 3.05) is 5.32 Å². The predicted molar refractivity (Wildman–Crippen MR) is 78.8 cm³/mol. The smallest absolute Gasteiger partial charge is 0.290 e. The van der Waals surface area contributed by atoms with Crippen molar-refractivity contribution in [1.29, 1.82) is 5.26 Å². The van der Waals surface area contributed by atoms with E-state index in [4.69, 9.17) is 5.26 Å². The molecule has 0 fully saturated rings. The van der Waals surface area contributed by atoms with E-state index in [1.165, 1.54) is 6.07 Å². The van der Waals surface area contributed by atoms with E-state index in [1.54, 1.807) is 25.1 Å². The molecule has 1 heterocycles. The second kappa shape index (κ2) is 6.01. The van der Waals surface area contributed by atoms with Gasteiger partial charge in [-0.15, -0.1) is 0 Å². The summed E-state index contributed by atoms with van der Waals surface area (Å²) in [7, 11) is 0. The third kappa shape index (κ3) is 3.34.